The third kappa shape index (κ3) is 5.78. The minimum atomic E-state index is -0.845. The lowest BCUT2D eigenvalue weighted by atomic mass is 9.78. The molecule has 3 rings (SSSR count). The summed E-state index contributed by atoms with van der Waals surface area (Å²) >= 11 is 6.41. The fourth-order valence-corrected chi connectivity index (χ4v) is 3.90. The van der Waals surface area contributed by atoms with E-state index in [1.807, 2.05) is 55.5 Å². The average molecular weight is 441 g/mol. The molecule has 2 aromatic carbocycles. The van der Waals surface area contributed by atoms with E-state index in [1.165, 1.54) is 0 Å². The van der Waals surface area contributed by atoms with E-state index in [2.05, 4.69) is 11.4 Å². The molecule has 3 unspecified atom stereocenters. The molecule has 31 heavy (non-hydrogen) atoms. The minimum absolute atomic E-state index is 0.0558. The average Bonchev–Trinajstić information content (AvgIpc) is 2.76. The molecule has 1 N–H and O–H groups in total. The number of hydrogen-bond donors (Lipinski definition) is 1. The van der Waals surface area contributed by atoms with Crippen LogP contribution >= 0.6 is 11.6 Å². The van der Waals surface area contributed by atoms with Crippen molar-refractivity contribution in [3.05, 3.63) is 82.2 Å². The van der Waals surface area contributed by atoms with Crippen molar-refractivity contribution in [3.8, 4) is 6.07 Å². The van der Waals surface area contributed by atoms with Crippen LogP contribution in [0.3, 0.4) is 0 Å². The molecule has 0 aliphatic carbocycles. The molecule has 0 saturated heterocycles. The predicted octanol–water partition coefficient (Wildman–Crippen LogP) is 5.16. The number of nitrogens with one attached hydrogen (secondary N) is 1. The van der Waals surface area contributed by atoms with E-state index < -0.39 is 18.0 Å². The molecule has 0 fully saturated rings. The van der Waals surface area contributed by atoms with Gasteiger partial charge in [-0.3, -0.25) is 0 Å². The van der Waals surface area contributed by atoms with Crippen molar-refractivity contribution in [1.82, 2.24) is 5.32 Å². The fourth-order valence-electron chi connectivity index (χ4n) is 3.64. The van der Waals surface area contributed by atoms with E-state index in [1.54, 1.807) is 13.0 Å². The van der Waals surface area contributed by atoms with Crippen LogP contribution < -0.4 is 5.32 Å². The van der Waals surface area contributed by atoms with E-state index in [4.69, 9.17) is 25.8 Å². The number of nitrogens with zero attached hydrogens (tertiary/aromatic N) is 1. The van der Waals surface area contributed by atoms with Crippen molar-refractivity contribution < 1.29 is 19.0 Å². The highest BCUT2D eigenvalue weighted by Gasteiger charge is 2.39. The van der Waals surface area contributed by atoms with Crippen LogP contribution in [0.2, 0.25) is 5.02 Å². The summed E-state index contributed by atoms with van der Waals surface area (Å²) in [5.41, 5.74) is 2.44. The fraction of sp³-hybridized carbons (Fsp3) is 0.333. The van der Waals surface area contributed by atoms with Gasteiger partial charge in [-0.25, -0.2) is 4.79 Å². The first-order valence-corrected chi connectivity index (χ1v) is 10.5. The van der Waals surface area contributed by atoms with Crippen molar-refractivity contribution in [2.45, 2.75) is 32.4 Å². The molecule has 1 aliphatic heterocycles. The van der Waals surface area contributed by atoms with E-state index in [9.17, 15) is 10.1 Å². The molecular formula is C24H25ClN2O4. The van der Waals surface area contributed by atoms with Gasteiger partial charge >= 0.3 is 6.16 Å². The van der Waals surface area contributed by atoms with Crippen molar-refractivity contribution >= 4 is 17.8 Å². The van der Waals surface area contributed by atoms with Gasteiger partial charge < -0.3 is 19.5 Å². The van der Waals surface area contributed by atoms with Crippen LogP contribution in [0.25, 0.3) is 0 Å². The van der Waals surface area contributed by atoms with E-state index >= 15 is 0 Å². The molecule has 162 valence electrons. The Kier molecular flexibility index (Phi) is 7.94. The smallest absolute Gasteiger partial charge is 0.432 e. The maximum atomic E-state index is 12.4. The number of ether oxygens (including phenoxy) is 3. The summed E-state index contributed by atoms with van der Waals surface area (Å²) in [4.78, 5) is 12.4. The first-order valence-electron chi connectivity index (χ1n) is 10.1. The number of halogens is 1. The number of benzene rings is 2. The molecule has 3 atom stereocenters. The molecule has 1 aliphatic rings. The summed E-state index contributed by atoms with van der Waals surface area (Å²) in [6, 6.07) is 19.2. The zero-order valence-electron chi connectivity index (χ0n) is 17.5. The van der Waals surface area contributed by atoms with Gasteiger partial charge in [-0.05, 0) is 31.0 Å². The van der Waals surface area contributed by atoms with Gasteiger partial charge in [0.25, 0.3) is 0 Å². The summed E-state index contributed by atoms with van der Waals surface area (Å²) < 4.78 is 16.3. The monoisotopic (exact) mass is 440 g/mol. The molecule has 7 heteroatoms. The predicted molar refractivity (Wildman–Crippen MR) is 117 cm³/mol. The topological polar surface area (TPSA) is 80.6 Å². The maximum Gasteiger partial charge on any atom is 0.513 e. The van der Waals surface area contributed by atoms with Crippen LogP contribution in [-0.2, 0) is 20.8 Å². The van der Waals surface area contributed by atoms with Crippen LogP contribution in [0, 0.1) is 17.2 Å². The van der Waals surface area contributed by atoms with E-state index in [0.717, 1.165) is 11.1 Å². The number of carbonyl (C=O) groups is 1. The number of nitriles is 1. The Morgan fingerprint density at radius 3 is 2.55 bits per heavy atom. The normalized spacial score (nSPS) is 20.5. The first kappa shape index (κ1) is 22.7. The Morgan fingerprint density at radius 1 is 1.13 bits per heavy atom. The van der Waals surface area contributed by atoms with Crippen molar-refractivity contribution in [1.29, 1.82) is 5.26 Å². The number of allylic oxidation sites excluding steroid dienone is 2. The number of carbonyl (C=O) groups excluding carboxylic acids is 1. The summed E-state index contributed by atoms with van der Waals surface area (Å²) in [5.74, 6) is -0.620. The molecular weight excluding hydrogens is 416 g/mol. The van der Waals surface area contributed by atoms with Gasteiger partial charge in [-0.1, -0.05) is 60.1 Å². The highest BCUT2D eigenvalue weighted by Crippen LogP contribution is 2.41. The van der Waals surface area contributed by atoms with Gasteiger partial charge in [-0.15, -0.1) is 0 Å². The molecule has 0 radical (unpaired) electrons. The van der Waals surface area contributed by atoms with E-state index in [-0.39, 0.29) is 19.3 Å². The second kappa shape index (κ2) is 10.9. The molecule has 0 aromatic heterocycles. The van der Waals surface area contributed by atoms with Crippen molar-refractivity contribution in [3.63, 3.8) is 0 Å². The number of hydrogen-bond acceptors (Lipinski definition) is 6. The maximum absolute atomic E-state index is 12.4. The van der Waals surface area contributed by atoms with Crippen LogP contribution in [0.15, 0.2) is 66.1 Å². The largest absolute Gasteiger partial charge is 0.513 e. The van der Waals surface area contributed by atoms with Gasteiger partial charge in [-0.2, -0.15) is 5.26 Å². The molecule has 2 aromatic rings. The van der Waals surface area contributed by atoms with Gasteiger partial charge in [0.2, 0.25) is 0 Å². The van der Waals surface area contributed by atoms with Crippen LogP contribution in [0.1, 0.15) is 30.9 Å². The zero-order valence-corrected chi connectivity index (χ0v) is 18.3. The van der Waals surface area contributed by atoms with Gasteiger partial charge in [0.05, 0.1) is 31.1 Å². The SMILES string of the molecule is CC1=C(OC(=O)OCCOCc2ccccc2)C(c2ccccc2Cl)C(C#N)C(C)N1. The number of rotatable bonds is 7. The second-order valence-corrected chi connectivity index (χ2v) is 7.72. The van der Waals surface area contributed by atoms with E-state index in [0.29, 0.717) is 23.1 Å². The summed E-state index contributed by atoms with van der Waals surface area (Å²) in [7, 11) is 0. The third-order valence-corrected chi connectivity index (χ3v) is 5.48. The van der Waals surface area contributed by atoms with Crippen LogP contribution in [0.5, 0.6) is 0 Å². The standard InChI is InChI=1S/C24H25ClN2O4/c1-16-20(14-26)22(19-10-6-7-11-21(19)25)23(17(2)27-16)31-24(28)30-13-12-29-15-18-8-4-3-5-9-18/h3-11,16,20,22,27H,12-13,15H2,1-2H3. The van der Waals surface area contributed by atoms with Gasteiger partial charge in [0.15, 0.2) is 0 Å². The molecule has 0 bridgehead atoms. The van der Waals surface area contributed by atoms with Gasteiger partial charge in [0, 0.05) is 16.8 Å². The Labute approximate surface area is 187 Å². The molecule has 0 saturated carbocycles. The lowest BCUT2D eigenvalue weighted by Crippen LogP contribution is -2.42. The van der Waals surface area contributed by atoms with Gasteiger partial charge in [0.1, 0.15) is 12.4 Å². The Bertz CT molecular complexity index is 971. The summed E-state index contributed by atoms with van der Waals surface area (Å²) in [6.07, 6.45) is -0.845. The van der Waals surface area contributed by atoms with Crippen molar-refractivity contribution in [2.24, 2.45) is 5.92 Å². The van der Waals surface area contributed by atoms with Crippen LogP contribution in [-0.4, -0.2) is 25.4 Å². The lowest BCUT2D eigenvalue weighted by molar-refractivity contribution is 0.0311. The summed E-state index contributed by atoms with van der Waals surface area (Å²) in [6.45, 7) is 4.45. The summed E-state index contributed by atoms with van der Waals surface area (Å²) in [5, 5.41) is 13.5. The highest BCUT2D eigenvalue weighted by atomic mass is 35.5. The Hall–Kier alpha value is -3.01. The zero-order chi connectivity index (χ0) is 22.2. The molecule has 0 spiro atoms. The molecule has 1 heterocycles. The first-order chi connectivity index (χ1) is 15.0. The Balaban J connectivity index is 1.63. The second-order valence-electron chi connectivity index (χ2n) is 7.32. The van der Waals surface area contributed by atoms with Crippen molar-refractivity contribution in [2.75, 3.05) is 13.2 Å². The van der Waals surface area contributed by atoms with Crippen LogP contribution in [0.4, 0.5) is 4.79 Å². The highest BCUT2D eigenvalue weighted by molar-refractivity contribution is 6.31. The molecule has 6 nitrogen and oxygen atoms in total. The molecule has 0 amide bonds. The lowest BCUT2D eigenvalue weighted by Gasteiger charge is -2.36. The quantitative estimate of drug-likeness (QED) is 0.473. The minimum Gasteiger partial charge on any atom is -0.432 e. The third-order valence-electron chi connectivity index (χ3n) is 5.14. The Morgan fingerprint density at radius 2 is 1.84 bits per heavy atom.